The number of ether oxygens (including phenoxy) is 5. The molecule has 5 atom stereocenters. The first kappa shape index (κ1) is 25.7. The number of para-hydroxylation sites is 1. The van der Waals surface area contributed by atoms with E-state index >= 15 is 0 Å². The number of esters is 4. The van der Waals surface area contributed by atoms with Crippen molar-refractivity contribution in [3.05, 3.63) is 39.9 Å². The van der Waals surface area contributed by atoms with E-state index in [1.54, 1.807) is 6.07 Å². The van der Waals surface area contributed by atoms with Crippen LogP contribution in [0.2, 0.25) is 0 Å². The Balaban J connectivity index is 2.51. The average molecular weight is 467 g/mol. The summed E-state index contributed by atoms with van der Waals surface area (Å²) in [6.07, 6.45) is -6.16. The van der Waals surface area contributed by atoms with Crippen molar-refractivity contribution in [3.8, 4) is 0 Å². The molecule has 1 saturated heterocycles. The number of carbonyl (C=O) groups is 4. The summed E-state index contributed by atoms with van der Waals surface area (Å²) in [4.78, 5) is 57.6. The summed E-state index contributed by atoms with van der Waals surface area (Å²) in [5, 5.41) is 11.4. The van der Waals surface area contributed by atoms with Crippen LogP contribution in [0.15, 0.2) is 24.3 Å². The SMILES string of the molecule is CC(=O)OC[C@H]1O[C@@H](Cc2ccccc2[N+](=O)[O-])[C@H](OC(C)=O)[C@@H](OC(C)=O)[C@@H]1OC(C)=O. The van der Waals surface area contributed by atoms with Crippen molar-refractivity contribution in [3.63, 3.8) is 0 Å². The van der Waals surface area contributed by atoms with E-state index in [1.807, 2.05) is 0 Å². The summed E-state index contributed by atoms with van der Waals surface area (Å²) < 4.78 is 27.0. The van der Waals surface area contributed by atoms with E-state index < -0.39 is 59.3 Å². The van der Waals surface area contributed by atoms with E-state index in [9.17, 15) is 29.3 Å². The van der Waals surface area contributed by atoms with Crippen LogP contribution in [0.5, 0.6) is 0 Å². The van der Waals surface area contributed by atoms with Crippen LogP contribution in [0.1, 0.15) is 33.3 Å². The molecule has 0 saturated carbocycles. The zero-order valence-corrected chi connectivity index (χ0v) is 18.5. The molecule has 1 heterocycles. The Morgan fingerprint density at radius 1 is 0.848 bits per heavy atom. The lowest BCUT2D eigenvalue weighted by Gasteiger charge is -2.44. The molecule has 33 heavy (non-hydrogen) atoms. The van der Waals surface area contributed by atoms with Gasteiger partial charge in [0.15, 0.2) is 18.3 Å². The second-order valence-corrected chi connectivity index (χ2v) is 7.33. The second kappa shape index (κ2) is 11.4. The minimum Gasteiger partial charge on any atom is -0.463 e. The Bertz CT molecular complexity index is 915. The Morgan fingerprint density at radius 3 is 1.88 bits per heavy atom. The molecule has 0 N–H and O–H groups in total. The van der Waals surface area contributed by atoms with Crippen molar-refractivity contribution < 1.29 is 47.8 Å². The highest BCUT2D eigenvalue weighted by atomic mass is 16.7. The molecule has 0 unspecified atom stereocenters. The molecule has 180 valence electrons. The smallest absolute Gasteiger partial charge is 0.303 e. The van der Waals surface area contributed by atoms with Crippen LogP contribution in [0.3, 0.4) is 0 Å². The van der Waals surface area contributed by atoms with Crippen LogP contribution in [0, 0.1) is 10.1 Å². The molecule has 1 aliphatic rings. The molecule has 1 aliphatic heterocycles. The van der Waals surface area contributed by atoms with Gasteiger partial charge in [-0.25, -0.2) is 0 Å². The zero-order chi connectivity index (χ0) is 24.7. The first-order valence-electron chi connectivity index (χ1n) is 10.0. The maximum atomic E-state index is 11.8. The molecule has 0 bridgehead atoms. The summed E-state index contributed by atoms with van der Waals surface area (Å²) in [7, 11) is 0. The molecule has 12 nitrogen and oxygen atoms in total. The number of rotatable bonds is 8. The van der Waals surface area contributed by atoms with Gasteiger partial charge in [0.2, 0.25) is 0 Å². The number of hydrogen-bond acceptors (Lipinski definition) is 11. The largest absolute Gasteiger partial charge is 0.463 e. The third-order valence-corrected chi connectivity index (χ3v) is 4.70. The number of hydrogen-bond donors (Lipinski definition) is 0. The van der Waals surface area contributed by atoms with Crippen LogP contribution < -0.4 is 0 Å². The summed E-state index contributed by atoms with van der Waals surface area (Å²) in [6, 6.07) is 5.90. The van der Waals surface area contributed by atoms with Gasteiger partial charge >= 0.3 is 23.9 Å². The number of nitro groups is 1. The van der Waals surface area contributed by atoms with Crippen LogP contribution >= 0.6 is 0 Å². The van der Waals surface area contributed by atoms with E-state index in [2.05, 4.69) is 0 Å². The van der Waals surface area contributed by atoms with E-state index in [0.29, 0.717) is 0 Å². The first-order valence-corrected chi connectivity index (χ1v) is 10.0. The van der Waals surface area contributed by atoms with Gasteiger partial charge in [-0.1, -0.05) is 18.2 Å². The first-order chi connectivity index (χ1) is 15.5. The van der Waals surface area contributed by atoms with Crippen molar-refractivity contribution in [1.29, 1.82) is 0 Å². The predicted octanol–water partition coefficient (Wildman–Crippen LogP) is 1.26. The fraction of sp³-hybridized carbons (Fsp3) is 0.524. The molecular formula is C21H25NO11. The number of nitrogens with zero attached hydrogens (tertiary/aromatic N) is 1. The minimum absolute atomic E-state index is 0.115. The molecule has 0 aliphatic carbocycles. The summed E-state index contributed by atoms with van der Waals surface area (Å²) in [5.74, 6) is -2.88. The highest BCUT2D eigenvalue weighted by Crippen LogP contribution is 2.32. The monoisotopic (exact) mass is 467 g/mol. The fourth-order valence-electron chi connectivity index (χ4n) is 3.56. The van der Waals surface area contributed by atoms with Gasteiger partial charge in [0.1, 0.15) is 18.8 Å². The van der Waals surface area contributed by atoms with Crippen molar-refractivity contribution in [2.45, 2.75) is 64.6 Å². The quantitative estimate of drug-likeness (QED) is 0.234. The molecule has 0 spiro atoms. The Labute approximate surface area is 189 Å². The Hall–Kier alpha value is -3.54. The Kier molecular flexibility index (Phi) is 8.85. The van der Waals surface area contributed by atoms with Crippen LogP contribution in [-0.2, 0) is 49.3 Å². The van der Waals surface area contributed by atoms with Crippen molar-refractivity contribution in [2.24, 2.45) is 0 Å². The maximum absolute atomic E-state index is 11.8. The number of nitro benzene ring substituents is 1. The van der Waals surface area contributed by atoms with Gasteiger partial charge in [0.25, 0.3) is 5.69 Å². The zero-order valence-electron chi connectivity index (χ0n) is 18.5. The molecule has 1 aromatic carbocycles. The molecule has 0 radical (unpaired) electrons. The van der Waals surface area contributed by atoms with Gasteiger partial charge in [-0.3, -0.25) is 29.3 Å². The molecular weight excluding hydrogens is 442 g/mol. The standard InChI is InChI=1S/C21H25NO11/c1-11(23)29-10-18-20(31-13(3)25)21(32-14(4)26)19(30-12(2)24)17(33-18)9-15-7-5-6-8-16(15)22(27)28/h5-8,17-21H,9-10H2,1-4H3/t17-,18+,19-,20+,21+/m0/s1. The average Bonchev–Trinajstić information content (AvgIpc) is 2.70. The molecule has 1 fully saturated rings. The fourth-order valence-corrected chi connectivity index (χ4v) is 3.56. The highest BCUT2D eigenvalue weighted by Gasteiger charge is 2.52. The maximum Gasteiger partial charge on any atom is 0.303 e. The molecule has 0 aromatic heterocycles. The third-order valence-electron chi connectivity index (χ3n) is 4.70. The van der Waals surface area contributed by atoms with E-state index in [4.69, 9.17) is 23.7 Å². The van der Waals surface area contributed by atoms with Gasteiger partial charge in [-0.05, 0) is 0 Å². The second-order valence-electron chi connectivity index (χ2n) is 7.33. The molecule has 2 rings (SSSR count). The normalized spacial score (nSPS) is 24.3. The minimum atomic E-state index is -1.32. The molecule has 1 aromatic rings. The van der Waals surface area contributed by atoms with Gasteiger partial charge < -0.3 is 23.7 Å². The van der Waals surface area contributed by atoms with Crippen molar-refractivity contribution in [1.82, 2.24) is 0 Å². The van der Waals surface area contributed by atoms with E-state index in [-0.39, 0.29) is 24.3 Å². The molecule has 0 amide bonds. The van der Waals surface area contributed by atoms with Crippen molar-refractivity contribution in [2.75, 3.05) is 6.61 Å². The van der Waals surface area contributed by atoms with Crippen LogP contribution in [0.25, 0.3) is 0 Å². The molecule has 12 heteroatoms. The van der Waals surface area contributed by atoms with Gasteiger partial charge in [0.05, 0.1) is 4.92 Å². The number of benzene rings is 1. The van der Waals surface area contributed by atoms with Gasteiger partial charge in [0, 0.05) is 45.7 Å². The highest BCUT2D eigenvalue weighted by molar-refractivity contribution is 5.68. The predicted molar refractivity (Wildman–Crippen MR) is 109 cm³/mol. The third kappa shape index (κ3) is 7.24. The van der Waals surface area contributed by atoms with Crippen molar-refractivity contribution >= 4 is 29.6 Å². The van der Waals surface area contributed by atoms with Gasteiger partial charge in [-0.15, -0.1) is 0 Å². The van der Waals surface area contributed by atoms with Crippen LogP contribution in [0.4, 0.5) is 5.69 Å². The lowest BCUT2D eigenvalue weighted by molar-refractivity contribution is -0.385. The lowest BCUT2D eigenvalue weighted by Crippen LogP contribution is -2.62. The Morgan fingerprint density at radius 2 is 1.36 bits per heavy atom. The van der Waals surface area contributed by atoms with Gasteiger partial charge in [-0.2, -0.15) is 0 Å². The summed E-state index contributed by atoms with van der Waals surface area (Å²) in [6.45, 7) is 4.15. The lowest BCUT2D eigenvalue weighted by atomic mass is 9.90. The van der Waals surface area contributed by atoms with E-state index in [0.717, 1.165) is 20.8 Å². The van der Waals surface area contributed by atoms with Crippen LogP contribution in [-0.4, -0.2) is 65.9 Å². The van der Waals surface area contributed by atoms with E-state index in [1.165, 1.54) is 25.1 Å². The summed E-state index contributed by atoms with van der Waals surface area (Å²) in [5.41, 5.74) is 0.0776. The topological polar surface area (TPSA) is 158 Å². The summed E-state index contributed by atoms with van der Waals surface area (Å²) >= 11 is 0. The number of carbonyl (C=O) groups excluding carboxylic acids is 4.